The monoisotopic (exact) mass is 192 g/mol. The van der Waals surface area contributed by atoms with Gasteiger partial charge in [0.05, 0.1) is 6.61 Å². The summed E-state index contributed by atoms with van der Waals surface area (Å²) in [6, 6.07) is 0. The van der Waals surface area contributed by atoms with Gasteiger partial charge in [-0.2, -0.15) is 0 Å². The number of hydrogen-bond acceptors (Lipinski definition) is 6. The number of carbonyl (C=O) groups excluding carboxylic acids is 1. The van der Waals surface area contributed by atoms with E-state index in [0.717, 1.165) is 6.92 Å². The summed E-state index contributed by atoms with van der Waals surface area (Å²) in [5, 5.41) is 27.9. The standard InChI is InChI=1S/C7H12O6/c1-5(8)13-7(11)6(9,10)3-2-4-12-7/h9-11H,2-4H2,1H3. The molecule has 0 saturated carbocycles. The van der Waals surface area contributed by atoms with E-state index < -0.39 is 17.7 Å². The van der Waals surface area contributed by atoms with Crippen LogP contribution in [0, 0.1) is 0 Å². The topological polar surface area (TPSA) is 96.2 Å². The molecule has 0 amide bonds. The Hall–Kier alpha value is -0.690. The maximum Gasteiger partial charge on any atom is 0.383 e. The molecule has 1 atom stereocenters. The molecule has 3 N–H and O–H groups in total. The Labute approximate surface area is 74.7 Å². The third kappa shape index (κ3) is 1.97. The Balaban J connectivity index is 2.77. The molecule has 0 aromatic rings. The van der Waals surface area contributed by atoms with Gasteiger partial charge >= 0.3 is 11.9 Å². The molecule has 1 unspecified atom stereocenters. The van der Waals surface area contributed by atoms with Crippen molar-refractivity contribution in [2.75, 3.05) is 6.61 Å². The molecule has 0 radical (unpaired) electrons. The van der Waals surface area contributed by atoms with Gasteiger partial charge in [0.2, 0.25) is 0 Å². The summed E-state index contributed by atoms with van der Waals surface area (Å²) in [6.07, 6.45) is 0.257. The van der Waals surface area contributed by atoms with Crippen LogP contribution in [0.25, 0.3) is 0 Å². The lowest BCUT2D eigenvalue weighted by atomic mass is 10.1. The van der Waals surface area contributed by atoms with Gasteiger partial charge in [0, 0.05) is 13.3 Å². The fourth-order valence-electron chi connectivity index (χ4n) is 1.11. The average Bonchev–Trinajstić information content (AvgIpc) is 1.94. The van der Waals surface area contributed by atoms with E-state index in [9.17, 15) is 20.1 Å². The van der Waals surface area contributed by atoms with E-state index in [-0.39, 0.29) is 13.0 Å². The average molecular weight is 192 g/mol. The second-order valence-corrected chi connectivity index (χ2v) is 2.94. The first-order valence-electron chi connectivity index (χ1n) is 3.88. The zero-order valence-electron chi connectivity index (χ0n) is 7.19. The van der Waals surface area contributed by atoms with Gasteiger partial charge in [0.25, 0.3) is 5.79 Å². The van der Waals surface area contributed by atoms with Crippen molar-refractivity contribution in [2.24, 2.45) is 0 Å². The zero-order valence-corrected chi connectivity index (χ0v) is 7.19. The minimum Gasteiger partial charge on any atom is -0.404 e. The van der Waals surface area contributed by atoms with Gasteiger partial charge in [0.15, 0.2) is 0 Å². The van der Waals surface area contributed by atoms with Crippen LogP contribution in [-0.2, 0) is 14.3 Å². The molecule has 13 heavy (non-hydrogen) atoms. The molecule has 1 aliphatic rings. The predicted molar refractivity (Wildman–Crippen MR) is 39.1 cm³/mol. The fourth-order valence-corrected chi connectivity index (χ4v) is 1.11. The van der Waals surface area contributed by atoms with E-state index in [1.807, 2.05) is 0 Å². The second-order valence-electron chi connectivity index (χ2n) is 2.94. The third-order valence-electron chi connectivity index (χ3n) is 1.76. The van der Waals surface area contributed by atoms with Gasteiger partial charge in [0.1, 0.15) is 0 Å². The molecular weight excluding hydrogens is 180 g/mol. The summed E-state index contributed by atoms with van der Waals surface area (Å²) in [7, 11) is 0. The Morgan fingerprint density at radius 2 is 2.08 bits per heavy atom. The lowest BCUT2D eigenvalue weighted by molar-refractivity contribution is -0.472. The third-order valence-corrected chi connectivity index (χ3v) is 1.76. The van der Waals surface area contributed by atoms with Crippen molar-refractivity contribution >= 4 is 5.97 Å². The van der Waals surface area contributed by atoms with Crippen LogP contribution in [0.3, 0.4) is 0 Å². The summed E-state index contributed by atoms with van der Waals surface area (Å²) in [5.74, 6) is -6.04. The van der Waals surface area contributed by atoms with E-state index in [1.165, 1.54) is 0 Å². The summed E-state index contributed by atoms with van der Waals surface area (Å²) in [5.41, 5.74) is 0. The first-order valence-corrected chi connectivity index (χ1v) is 3.88. The Bertz CT molecular complexity index is 213. The SMILES string of the molecule is CC(=O)OC1(O)OCCCC1(O)O. The molecule has 1 saturated heterocycles. The van der Waals surface area contributed by atoms with Crippen molar-refractivity contribution in [1.82, 2.24) is 0 Å². The summed E-state index contributed by atoms with van der Waals surface area (Å²) in [4.78, 5) is 10.5. The molecular formula is C7H12O6. The lowest BCUT2D eigenvalue weighted by Crippen LogP contribution is -2.61. The quantitative estimate of drug-likeness (QED) is 0.352. The van der Waals surface area contributed by atoms with Crippen LogP contribution in [0.5, 0.6) is 0 Å². The highest BCUT2D eigenvalue weighted by atomic mass is 16.9. The number of aliphatic hydroxyl groups is 3. The Morgan fingerprint density at radius 3 is 2.54 bits per heavy atom. The van der Waals surface area contributed by atoms with Gasteiger partial charge in [-0.05, 0) is 6.42 Å². The van der Waals surface area contributed by atoms with E-state index >= 15 is 0 Å². The molecule has 0 aromatic carbocycles. The number of hydrogen-bond donors (Lipinski definition) is 3. The van der Waals surface area contributed by atoms with E-state index in [0.29, 0.717) is 6.42 Å². The number of carbonyl (C=O) groups is 1. The van der Waals surface area contributed by atoms with Crippen LogP contribution in [0.1, 0.15) is 19.8 Å². The van der Waals surface area contributed by atoms with Gasteiger partial charge in [-0.25, -0.2) is 0 Å². The van der Waals surface area contributed by atoms with Crippen molar-refractivity contribution in [3.8, 4) is 0 Å². The summed E-state index contributed by atoms with van der Waals surface area (Å²) >= 11 is 0. The van der Waals surface area contributed by atoms with E-state index in [4.69, 9.17) is 0 Å². The van der Waals surface area contributed by atoms with Crippen molar-refractivity contribution in [1.29, 1.82) is 0 Å². The number of esters is 1. The molecule has 0 aromatic heterocycles. The summed E-state index contributed by atoms with van der Waals surface area (Å²) < 4.78 is 8.89. The molecule has 0 bridgehead atoms. The number of rotatable bonds is 1. The molecule has 0 aliphatic carbocycles. The highest BCUT2D eigenvalue weighted by Gasteiger charge is 2.55. The normalized spacial score (nSPS) is 32.6. The molecule has 0 spiro atoms. The highest BCUT2D eigenvalue weighted by molar-refractivity contribution is 5.66. The van der Waals surface area contributed by atoms with Gasteiger partial charge < -0.3 is 24.8 Å². The smallest absolute Gasteiger partial charge is 0.383 e. The van der Waals surface area contributed by atoms with Crippen LogP contribution in [-0.4, -0.2) is 39.7 Å². The van der Waals surface area contributed by atoms with Gasteiger partial charge in [-0.15, -0.1) is 0 Å². The summed E-state index contributed by atoms with van der Waals surface area (Å²) in [6.45, 7) is 1.14. The molecule has 6 heteroatoms. The Morgan fingerprint density at radius 1 is 1.46 bits per heavy atom. The van der Waals surface area contributed by atoms with Crippen LogP contribution in [0.2, 0.25) is 0 Å². The highest BCUT2D eigenvalue weighted by Crippen LogP contribution is 2.31. The van der Waals surface area contributed by atoms with E-state index in [2.05, 4.69) is 9.47 Å². The largest absolute Gasteiger partial charge is 0.404 e. The van der Waals surface area contributed by atoms with Crippen molar-refractivity contribution in [3.63, 3.8) is 0 Å². The molecule has 6 nitrogen and oxygen atoms in total. The minimum absolute atomic E-state index is 0.104. The molecule has 76 valence electrons. The predicted octanol–water partition coefficient (Wildman–Crippen LogP) is -1.31. The van der Waals surface area contributed by atoms with E-state index in [1.54, 1.807) is 0 Å². The lowest BCUT2D eigenvalue weighted by Gasteiger charge is -2.40. The van der Waals surface area contributed by atoms with Crippen molar-refractivity contribution < 1.29 is 29.6 Å². The first kappa shape index (κ1) is 10.4. The molecule has 1 rings (SSSR count). The second kappa shape index (κ2) is 3.22. The Kier molecular flexibility index (Phi) is 2.58. The van der Waals surface area contributed by atoms with Gasteiger partial charge in [-0.1, -0.05) is 0 Å². The maximum absolute atomic E-state index is 10.5. The van der Waals surface area contributed by atoms with Crippen molar-refractivity contribution in [2.45, 2.75) is 31.5 Å². The molecule has 1 fully saturated rings. The zero-order chi connectivity index (χ0) is 10.1. The molecule has 1 aliphatic heterocycles. The van der Waals surface area contributed by atoms with Gasteiger partial charge in [-0.3, -0.25) is 4.79 Å². The molecule has 1 heterocycles. The van der Waals surface area contributed by atoms with Crippen LogP contribution >= 0.6 is 0 Å². The maximum atomic E-state index is 10.5. The number of ether oxygens (including phenoxy) is 2. The fraction of sp³-hybridized carbons (Fsp3) is 0.857. The van der Waals surface area contributed by atoms with Crippen molar-refractivity contribution in [3.05, 3.63) is 0 Å². The minimum atomic E-state index is -2.64. The van der Waals surface area contributed by atoms with Crippen LogP contribution in [0.4, 0.5) is 0 Å². The van der Waals surface area contributed by atoms with Crippen LogP contribution in [0.15, 0.2) is 0 Å². The first-order chi connectivity index (χ1) is 5.87. The van der Waals surface area contributed by atoms with Crippen LogP contribution < -0.4 is 0 Å².